The van der Waals surface area contributed by atoms with E-state index in [9.17, 15) is 9.59 Å². The SMILES string of the molecule is CC1Cc2ccc(-c3cc(CNC(=O)CC4CSC5=NC6CCCCC6C(=O)N54)no3)cc2O1. The first-order valence-corrected chi connectivity index (χ1v) is 13.1. The van der Waals surface area contributed by atoms with Gasteiger partial charge in [-0.1, -0.05) is 41.9 Å². The Morgan fingerprint density at radius 3 is 3.06 bits per heavy atom. The Kier molecular flexibility index (Phi) is 5.59. The smallest absolute Gasteiger partial charge is 0.234 e. The van der Waals surface area contributed by atoms with Crippen molar-refractivity contribution < 1.29 is 18.8 Å². The van der Waals surface area contributed by atoms with Gasteiger partial charge in [0.25, 0.3) is 0 Å². The van der Waals surface area contributed by atoms with Gasteiger partial charge in [0.15, 0.2) is 10.9 Å². The molecule has 6 rings (SSSR count). The largest absolute Gasteiger partial charge is 0.490 e. The molecule has 2 fully saturated rings. The van der Waals surface area contributed by atoms with Crippen LogP contribution in [0.4, 0.5) is 0 Å². The number of thioether (sulfide) groups is 1. The van der Waals surface area contributed by atoms with Gasteiger partial charge >= 0.3 is 0 Å². The summed E-state index contributed by atoms with van der Waals surface area (Å²) >= 11 is 1.60. The molecule has 2 amide bonds. The Labute approximate surface area is 202 Å². The molecule has 8 nitrogen and oxygen atoms in total. The first-order chi connectivity index (χ1) is 16.5. The number of amides is 2. The number of rotatable bonds is 5. The van der Waals surface area contributed by atoms with Gasteiger partial charge in [0.1, 0.15) is 17.5 Å². The molecular formula is C25H28N4O4S. The monoisotopic (exact) mass is 480 g/mol. The molecule has 1 N–H and O–H groups in total. The molecule has 3 aliphatic heterocycles. The summed E-state index contributed by atoms with van der Waals surface area (Å²) in [7, 11) is 0. The van der Waals surface area contributed by atoms with Crippen LogP contribution in [-0.4, -0.2) is 51.0 Å². The number of hydrogen-bond donors (Lipinski definition) is 1. The molecule has 1 aliphatic carbocycles. The molecule has 178 valence electrons. The van der Waals surface area contributed by atoms with Crippen molar-refractivity contribution in [1.82, 2.24) is 15.4 Å². The van der Waals surface area contributed by atoms with E-state index in [0.717, 1.165) is 48.6 Å². The predicted molar refractivity (Wildman–Crippen MR) is 128 cm³/mol. The maximum absolute atomic E-state index is 13.1. The molecule has 4 heterocycles. The normalized spacial score (nSPS) is 27.5. The number of hydrogen-bond acceptors (Lipinski definition) is 7. The van der Waals surface area contributed by atoms with E-state index in [1.54, 1.807) is 16.7 Å². The third-order valence-electron chi connectivity index (χ3n) is 7.17. The van der Waals surface area contributed by atoms with E-state index in [1.807, 2.05) is 18.2 Å². The number of amidine groups is 1. The van der Waals surface area contributed by atoms with Gasteiger partial charge in [-0.15, -0.1) is 0 Å². The lowest BCUT2D eigenvalue weighted by molar-refractivity contribution is -0.135. The van der Waals surface area contributed by atoms with Crippen LogP contribution in [0.3, 0.4) is 0 Å². The molecule has 4 aliphatic rings. The van der Waals surface area contributed by atoms with Crippen molar-refractivity contribution in [3.63, 3.8) is 0 Å². The maximum atomic E-state index is 13.1. The third kappa shape index (κ3) is 4.00. The van der Waals surface area contributed by atoms with Crippen LogP contribution in [0.5, 0.6) is 5.75 Å². The summed E-state index contributed by atoms with van der Waals surface area (Å²) in [5.41, 5.74) is 2.75. The first-order valence-electron chi connectivity index (χ1n) is 12.1. The Morgan fingerprint density at radius 1 is 1.26 bits per heavy atom. The third-order valence-corrected chi connectivity index (χ3v) is 8.28. The van der Waals surface area contributed by atoms with Gasteiger partial charge in [0, 0.05) is 30.2 Å². The standard InChI is InChI=1S/C25H28N4O4S/c1-14-8-15-6-7-16(9-21(15)32-14)22-10-17(28-33-22)12-26-23(30)11-18-13-34-25-27-20-5-3-2-4-19(20)24(31)29(18)25/h6-7,9-10,14,18-20H,2-5,8,11-13H2,1H3,(H,26,30). The average molecular weight is 481 g/mol. The van der Waals surface area contributed by atoms with E-state index in [4.69, 9.17) is 14.3 Å². The van der Waals surface area contributed by atoms with Gasteiger partial charge in [0.2, 0.25) is 11.8 Å². The number of aliphatic imine (C=N–C) groups is 1. The van der Waals surface area contributed by atoms with E-state index in [-0.39, 0.29) is 48.9 Å². The topological polar surface area (TPSA) is 97.0 Å². The number of carbonyl (C=O) groups excluding carboxylic acids is 2. The zero-order valence-electron chi connectivity index (χ0n) is 19.2. The zero-order valence-corrected chi connectivity index (χ0v) is 20.0. The van der Waals surface area contributed by atoms with Crippen LogP contribution >= 0.6 is 11.8 Å². The minimum atomic E-state index is -0.138. The van der Waals surface area contributed by atoms with E-state index >= 15 is 0 Å². The van der Waals surface area contributed by atoms with Crippen molar-refractivity contribution in [3.05, 3.63) is 35.5 Å². The molecule has 1 aromatic heterocycles. The summed E-state index contributed by atoms with van der Waals surface area (Å²) in [5.74, 6) is 2.29. The fourth-order valence-electron chi connectivity index (χ4n) is 5.43. The summed E-state index contributed by atoms with van der Waals surface area (Å²) in [6.07, 6.45) is 5.50. The van der Waals surface area contributed by atoms with E-state index in [1.165, 1.54) is 5.56 Å². The summed E-state index contributed by atoms with van der Waals surface area (Å²) < 4.78 is 11.3. The van der Waals surface area contributed by atoms with E-state index in [0.29, 0.717) is 17.2 Å². The Hall–Kier alpha value is -2.81. The number of nitrogens with zero attached hydrogens (tertiary/aromatic N) is 3. The molecule has 0 radical (unpaired) electrons. The second-order valence-corrected chi connectivity index (χ2v) is 10.6. The number of fused-ring (bicyclic) bond motifs is 3. The van der Waals surface area contributed by atoms with Gasteiger partial charge in [0.05, 0.1) is 24.5 Å². The van der Waals surface area contributed by atoms with Gasteiger partial charge in [-0.25, -0.2) is 0 Å². The molecule has 1 aromatic carbocycles. The second kappa shape index (κ2) is 8.76. The maximum Gasteiger partial charge on any atom is 0.234 e. The van der Waals surface area contributed by atoms with Crippen molar-refractivity contribution in [2.75, 3.05) is 5.75 Å². The van der Waals surface area contributed by atoms with Crippen molar-refractivity contribution >= 4 is 28.7 Å². The lowest BCUT2D eigenvalue weighted by atomic mass is 9.83. The van der Waals surface area contributed by atoms with Gasteiger partial charge in [-0.05, 0) is 31.4 Å². The Morgan fingerprint density at radius 2 is 2.15 bits per heavy atom. The number of nitrogens with one attached hydrogen (secondary N) is 1. The van der Waals surface area contributed by atoms with E-state index in [2.05, 4.69) is 23.5 Å². The highest BCUT2D eigenvalue weighted by molar-refractivity contribution is 8.14. The lowest BCUT2D eigenvalue weighted by Gasteiger charge is -2.37. The summed E-state index contributed by atoms with van der Waals surface area (Å²) in [6.45, 7) is 2.33. The minimum absolute atomic E-state index is 0.0110. The quantitative estimate of drug-likeness (QED) is 0.703. The summed E-state index contributed by atoms with van der Waals surface area (Å²) in [5, 5.41) is 7.85. The van der Waals surface area contributed by atoms with Crippen LogP contribution in [-0.2, 0) is 22.6 Å². The van der Waals surface area contributed by atoms with Gasteiger partial charge in [-0.3, -0.25) is 19.5 Å². The zero-order chi connectivity index (χ0) is 23.2. The minimum Gasteiger partial charge on any atom is -0.490 e. The number of aromatic nitrogens is 1. The van der Waals surface area contributed by atoms with Crippen molar-refractivity contribution in [3.8, 4) is 17.1 Å². The van der Waals surface area contributed by atoms with Crippen LogP contribution in [0.15, 0.2) is 33.8 Å². The fraction of sp³-hybridized carbons (Fsp3) is 0.520. The van der Waals surface area contributed by atoms with Crippen molar-refractivity contribution in [2.45, 2.75) is 70.2 Å². The Balaban J connectivity index is 1.06. The molecule has 9 heteroatoms. The van der Waals surface area contributed by atoms with Crippen molar-refractivity contribution in [1.29, 1.82) is 0 Å². The molecule has 1 saturated carbocycles. The Bertz CT molecular complexity index is 1160. The first kappa shape index (κ1) is 21.7. The van der Waals surface area contributed by atoms with Crippen LogP contribution in [0.25, 0.3) is 11.3 Å². The highest BCUT2D eigenvalue weighted by Crippen LogP contribution is 2.38. The highest BCUT2D eigenvalue weighted by Gasteiger charge is 2.45. The summed E-state index contributed by atoms with van der Waals surface area (Å²) in [4.78, 5) is 32.4. The van der Waals surface area contributed by atoms with Gasteiger partial charge in [-0.2, -0.15) is 0 Å². The molecule has 34 heavy (non-hydrogen) atoms. The average Bonchev–Trinajstić information content (AvgIpc) is 3.55. The van der Waals surface area contributed by atoms with Crippen LogP contribution in [0.1, 0.15) is 50.3 Å². The lowest BCUT2D eigenvalue weighted by Crippen LogP contribution is -2.51. The molecule has 4 unspecified atom stereocenters. The number of carbonyl (C=O) groups is 2. The fourth-order valence-corrected chi connectivity index (χ4v) is 6.63. The van der Waals surface area contributed by atoms with Crippen LogP contribution in [0.2, 0.25) is 0 Å². The van der Waals surface area contributed by atoms with Crippen LogP contribution in [0, 0.1) is 5.92 Å². The molecule has 0 bridgehead atoms. The molecule has 0 spiro atoms. The highest BCUT2D eigenvalue weighted by atomic mass is 32.2. The number of ether oxygens (including phenoxy) is 1. The van der Waals surface area contributed by atoms with Crippen molar-refractivity contribution in [2.24, 2.45) is 10.9 Å². The molecule has 4 atom stereocenters. The predicted octanol–water partition coefficient (Wildman–Crippen LogP) is 3.54. The molecule has 2 aromatic rings. The molecule has 1 saturated heterocycles. The van der Waals surface area contributed by atoms with E-state index < -0.39 is 0 Å². The molecular weight excluding hydrogens is 452 g/mol. The second-order valence-electron chi connectivity index (χ2n) is 9.66. The van der Waals surface area contributed by atoms with Gasteiger partial charge < -0.3 is 14.6 Å². The number of benzene rings is 1. The summed E-state index contributed by atoms with van der Waals surface area (Å²) in [6, 6.07) is 7.88. The van der Waals surface area contributed by atoms with Crippen LogP contribution < -0.4 is 10.1 Å².